The molecular weight excluding hydrogens is 261 g/mol. The van der Waals surface area contributed by atoms with Crippen molar-refractivity contribution in [1.29, 1.82) is 0 Å². The van der Waals surface area contributed by atoms with E-state index < -0.39 is 5.82 Å². The summed E-state index contributed by atoms with van der Waals surface area (Å²) in [5.74, 6) is -0.189. The summed E-state index contributed by atoms with van der Waals surface area (Å²) < 4.78 is 13.9. The van der Waals surface area contributed by atoms with E-state index in [1.165, 1.54) is 6.07 Å². The van der Waals surface area contributed by atoms with Crippen LogP contribution in [-0.4, -0.2) is 18.9 Å². The maximum Gasteiger partial charge on any atom is 0.166 e. The summed E-state index contributed by atoms with van der Waals surface area (Å²) in [5, 5.41) is 3.09. The fourth-order valence-corrected chi connectivity index (χ4v) is 1.95. The zero-order valence-corrected chi connectivity index (χ0v) is 9.68. The lowest BCUT2D eigenvalue weighted by atomic mass is 9.94. The lowest BCUT2D eigenvalue weighted by molar-refractivity contribution is 0.0941. The average molecular weight is 272 g/mol. The fraction of sp³-hybridized carbons (Fsp3) is 0.364. The van der Waals surface area contributed by atoms with Crippen molar-refractivity contribution in [1.82, 2.24) is 5.32 Å². The first-order valence-corrected chi connectivity index (χ1v) is 5.65. The standard InChI is InChI=1S/C11H11BrFNO/c12-9-3-1-2-8(11(9)13)10(15)4-7-5-14-6-7/h1-3,7,14H,4-6H2. The third kappa shape index (κ3) is 2.26. The fourth-order valence-electron chi connectivity index (χ4n) is 1.58. The van der Waals surface area contributed by atoms with Crippen LogP contribution in [0, 0.1) is 11.7 Å². The van der Waals surface area contributed by atoms with E-state index in [1.807, 2.05) is 0 Å². The van der Waals surface area contributed by atoms with E-state index in [-0.39, 0.29) is 11.3 Å². The van der Waals surface area contributed by atoms with Gasteiger partial charge in [0.15, 0.2) is 5.78 Å². The van der Waals surface area contributed by atoms with Crippen LogP contribution in [0.4, 0.5) is 4.39 Å². The molecule has 1 aromatic rings. The Morgan fingerprint density at radius 3 is 2.87 bits per heavy atom. The SMILES string of the molecule is O=C(CC1CNC1)c1cccc(Br)c1F. The molecule has 4 heteroatoms. The molecule has 1 fully saturated rings. The minimum absolute atomic E-state index is 0.111. The first kappa shape index (κ1) is 10.8. The van der Waals surface area contributed by atoms with Crippen LogP contribution in [0.5, 0.6) is 0 Å². The molecule has 0 amide bonds. The van der Waals surface area contributed by atoms with Crippen molar-refractivity contribution < 1.29 is 9.18 Å². The number of hydrogen-bond donors (Lipinski definition) is 1. The number of Topliss-reactive ketones (excluding diaryl/α,β-unsaturated/α-hetero) is 1. The second-order valence-corrected chi connectivity index (χ2v) is 4.61. The van der Waals surface area contributed by atoms with Gasteiger partial charge in [-0.2, -0.15) is 0 Å². The van der Waals surface area contributed by atoms with Crippen molar-refractivity contribution in [3.63, 3.8) is 0 Å². The molecule has 15 heavy (non-hydrogen) atoms. The Bertz CT molecular complexity index is 390. The highest BCUT2D eigenvalue weighted by Gasteiger charge is 2.22. The zero-order chi connectivity index (χ0) is 10.8. The number of ketones is 1. The normalized spacial score (nSPS) is 16.1. The smallest absolute Gasteiger partial charge is 0.166 e. The van der Waals surface area contributed by atoms with E-state index in [0.717, 1.165) is 13.1 Å². The second kappa shape index (κ2) is 4.41. The van der Waals surface area contributed by atoms with Gasteiger partial charge in [-0.25, -0.2) is 4.39 Å². The predicted molar refractivity (Wildman–Crippen MR) is 59.4 cm³/mol. The number of nitrogens with one attached hydrogen (secondary N) is 1. The van der Waals surface area contributed by atoms with Gasteiger partial charge in [0.05, 0.1) is 10.0 Å². The third-order valence-corrected chi connectivity index (χ3v) is 3.20. The van der Waals surface area contributed by atoms with Crippen LogP contribution < -0.4 is 5.32 Å². The lowest BCUT2D eigenvalue weighted by Crippen LogP contribution is -2.43. The minimum atomic E-state index is -0.449. The van der Waals surface area contributed by atoms with E-state index in [4.69, 9.17) is 0 Å². The van der Waals surface area contributed by atoms with Crippen LogP contribution in [0.3, 0.4) is 0 Å². The molecule has 2 rings (SSSR count). The van der Waals surface area contributed by atoms with Gasteiger partial charge in [-0.3, -0.25) is 4.79 Å². The second-order valence-electron chi connectivity index (χ2n) is 3.75. The molecule has 1 aliphatic heterocycles. The van der Waals surface area contributed by atoms with E-state index in [1.54, 1.807) is 12.1 Å². The summed E-state index contributed by atoms with van der Waals surface area (Å²) in [6.07, 6.45) is 0.431. The zero-order valence-electron chi connectivity index (χ0n) is 8.09. The highest BCUT2D eigenvalue weighted by atomic mass is 79.9. The van der Waals surface area contributed by atoms with Crippen molar-refractivity contribution in [2.45, 2.75) is 6.42 Å². The van der Waals surface area contributed by atoms with Crippen molar-refractivity contribution in [3.05, 3.63) is 34.1 Å². The molecule has 0 bridgehead atoms. The number of rotatable bonds is 3. The molecule has 0 spiro atoms. The van der Waals surface area contributed by atoms with E-state index in [9.17, 15) is 9.18 Å². The molecule has 1 saturated heterocycles. The van der Waals surface area contributed by atoms with Gasteiger partial charge in [0.25, 0.3) is 0 Å². The quantitative estimate of drug-likeness (QED) is 0.856. The Kier molecular flexibility index (Phi) is 3.17. The van der Waals surface area contributed by atoms with Crippen LogP contribution in [0.2, 0.25) is 0 Å². The largest absolute Gasteiger partial charge is 0.316 e. The Balaban J connectivity index is 2.13. The van der Waals surface area contributed by atoms with Crippen LogP contribution in [-0.2, 0) is 0 Å². The van der Waals surface area contributed by atoms with Crippen molar-refractivity contribution >= 4 is 21.7 Å². The Hall–Kier alpha value is -0.740. The molecule has 0 saturated carbocycles. The average Bonchev–Trinajstić information content (AvgIpc) is 2.15. The molecule has 0 aliphatic carbocycles. The first-order valence-electron chi connectivity index (χ1n) is 4.86. The van der Waals surface area contributed by atoms with E-state index >= 15 is 0 Å². The van der Waals surface area contributed by atoms with Gasteiger partial charge >= 0.3 is 0 Å². The molecule has 0 atom stereocenters. The van der Waals surface area contributed by atoms with Gasteiger partial charge in [0, 0.05) is 6.42 Å². The molecule has 80 valence electrons. The molecule has 1 heterocycles. The highest BCUT2D eigenvalue weighted by molar-refractivity contribution is 9.10. The van der Waals surface area contributed by atoms with Crippen LogP contribution in [0.1, 0.15) is 16.8 Å². The highest BCUT2D eigenvalue weighted by Crippen LogP contribution is 2.21. The topological polar surface area (TPSA) is 29.1 Å². The maximum absolute atomic E-state index is 13.5. The van der Waals surface area contributed by atoms with Crippen molar-refractivity contribution in [3.8, 4) is 0 Å². The number of hydrogen-bond acceptors (Lipinski definition) is 2. The molecule has 2 nitrogen and oxygen atoms in total. The summed E-state index contributed by atoms with van der Waals surface area (Å²) >= 11 is 3.07. The Morgan fingerprint density at radius 1 is 1.53 bits per heavy atom. The monoisotopic (exact) mass is 271 g/mol. The molecule has 1 aromatic carbocycles. The van der Waals surface area contributed by atoms with E-state index in [2.05, 4.69) is 21.2 Å². The minimum Gasteiger partial charge on any atom is -0.316 e. The summed E-state index contributed by atoms with van der Waals surface area (Å²) in [6, 6.07) is 4.81. The van der Waals surface area contributed by atoms with Crippen LogP contribution >= 0.6 is 15.9 Å². The van der Waals surface area contributed by atoms with Gasteiger partial charge < -0.3 is 5.32 Å². The van der Waals surface area contributed by atoms with Crippen molar-refractivity contribution in [2.24, 2.45) is 5.92 Å². The number of benzene rings is 1. The maximum atomic E-state index is 13.5. The van der Waals surface area contributed by atoms with Gasteiger partial charge in [0.2, 0.25) is 0 Å². The Labute approximate surface area is 96.0 Å². The molecule has 0 unspecified atom stereocenters. The van der Waals surface area contributed by atoms with Gasteiger partial charge in [0.1, 0.15) is 5.82 Å². The summed E-state index contributed by atoms with van der Waals surface area (Å²) in [4.78, 5) is 11.7. The van der Waals surface area contributed by atoms with Crippen LogP contribution in [0.15, 0.2) is 22.7 Å². The lowest BCUT2D eigenvalue weighted by Gasteiger charge is -2.26. The predicted octanol–water partition coefficient (Wildman–Crippen LogP) is 2.38. The van der Waals surface area contributed by atoms with Crippen molar-refractivity contribution in [2.75, 3.05) is 13.1 Å². The molecular formula is C11H11BrFNO. The van der Waals surface area contributed by atoms with E-state index in [0.29, 0.717) is 16.8 Å². The summed E-state index contributed by atoms with van der Waals surface area (Å²) in [5.41, 5.74) is 0.191. The first-order chi connectivity index (χ1) is 7.18. The van der Waals surface area contributed by atoms with Crippen LogP contribution in [0.25, 0.3) is 0 Å². The number of carbonyl (C=O) groups is 1. The number of halogens is 2. The Morgan fingerprint density at radius 2 is 2.27 bits per heavy atom. The van der Waals surface area contributed by atoms with Gasteiger partial charge in [-0.1, -0.05) is 6.07 Å². The molecule has 1 N–H and O–H groups in total. The summed E-state index contributed by atoms with van der Waals surface area (Å²) in [6.45, 7) is 1.72. The number of carbonyl (C=O) groups excluding carboxylic acids is 1. The molecule has 0 radical (unpaired) electrons. The molecule has 1 aliphatic rings. The van der Waals surface area contributed by atoms with Gasteiger partial charge in [-0.15, -0.1) is 0 Å². The molecule has 0 aromatic heterocycles. The third-order valence-electron chi connectivity index (χ3n) is 2.59. The van der Waals surface area contributed by atoms with Gasteiger partial charge in [-0.05, 0) is 47.1 Å². The summed E-state index contributed by atoms with van der Waals surface area (Å²) in [7, 11) is 0.